The van der Waals surface area contributed by atoms with Crippen molar-refractivity contribution in [1.29, 1.82) is 0 Å². The zero-order chi connectivity index (χ0) is 45.3. The van der Waals surface area contributed by atoms with E-state index < -0.39 is 8.07 Å². The van der Waals surface area contributed by atoms with Crippen LogP contribution in [-0.4, -0.2) is 8.07 Å². The van der Waals surface area contributed by atoms with Crippen LogP contribution in [0.4, 0.5) is 0 Å². The Labute approximate surface area is 401 Å². The minimum Gasteiger partial charge on any atom is -0.0616 e. The lowest BCUT2D eigenvalue weighted by Gasteiger charge is -2.23. The summed E-state index contributed by atoms with van der Waals surface area (Å²) in [5, 5.41) is 18.8. The van der Waals surface area contributed by atoms with Crippen LogP contribution in [0.2, 0.25) is 13.1 Å². The highest BCUT2D eigenvalue weighted by Crippen LogP contribution is 2.55. The highest BCUT2D eigenvalue weighted by molar-refractivity contribution is 7.04. The van der Waals surface area contributed by atoms with Crippen molar-refractivity contribution in [1.82, 2.24) is 0 Å². The van der Waals surface area contributed by atoms with Crippen LogP contribution >= 0.6 is 0 Å². The number of fused-ring (bicyclic) bond motifs is 14. The molecule has 0 aromatic heterocycles. The summed E-state index contributed by atoms with van der Waals surface area (Å²) in [4.78, 5) is 0. The van der Waals surface area contributed by atoms with E-state index in [4.69, 9.17) is 0 Å². The summed E-state index contributed by atoms with van der Waals surface area (Å²) < 4.78 is 0. The number of rotatable bonds is 3. The second-order valence-corrected chi connectivity index (χ2v) is 24.5. The van der Waals surface area contributed by atoms with Crippen molar-refractivity contribution < 1.29 is 0 Å². The second-order valence-electron chi connectivity index (χ2n) is 20.2. The molecule has 0 spiro atoms. The van der Waals surface area contributed by atoms with Crippen molar-refractivity contribution in [3.8, 4) is 89.0 Å². The number of hydrogen-bond acceptors (Lipinski definition) is 0. The van der Waals surface area contributed by atoms with Crippen LogP contribution < -0.4 is 10.4 Å². The lowest BCUT2D eigenvalue weighted by molar-refractivity contribution is 1.67. The van der Waals surface area contributed by atoms with E-state index in [0.29, 0.717) is 0 Å². The standard InChI is InChI=1S/C68H42Si/c1-69(2)63-36-40(59-35-39-15-3-4-16-41(39)42-17-5-10-22-47(42)59)29-30-48(63)60-37-61-62(38-64(60)69)68(58-34-32-56-46-21-9-7-19-44(46)50-26-14-28-54(58)66(50)56)52-24-12-11-23-51(52)67(61)57-33-31-55-45-20-8-6-18-43(45)49-25-13-27-53(57)65(49)55/h3-38H,1-2H3. The summed E-state index contributed by atoms with van der Waals surface area (Å²) in [7, 11) is -2.26. The molecular formula is C68H42Si. The lowest BCUT2D eigenvalue weighted by Crippen LogP contribution is -2.49. The van der Waals surface area contributed by atoms with Crippen LogP contribution in [0, 0.1) is 0 Å². The predicted octanol–water partition coefficient (Wildman–Crippen LogP) is 17.7. The molecule has 0 N–H and O–H groups in total. The maximum atomic E-state index is 2.67. The Kier molecular flexibility index (Phi) is 7.33. The van der Waals surface area contributed by atoms with Crippen molar-refractivity contribution in [3.63, 3.8) is 0 Å². The quantitative estimate of drug-likeness (QED) is 0.0942. The van der Waals surface area contributed by atoms with E-state index >= 15 is 0 Å². The van der Waals surface area contributed by atoms with Crippen LogP contribution in [-0.2, 0) is 0 Å². The van der Waals surface area contributed by atoms with E-state index in [0.717, 1.165) is 0 Å². The molecule has 3 aliphatic rings. The van der Waals surface area contributed by atoms with Crippen LogP contribution in [0.25, 0.3) is 154 Å². The SMILES string of the molecule is C[Si]1(C)c2cc(-c3cc4ccccc4c4ccccc34)ccc2-c2cc3c(-c4ccc5c6c(cccc46)-c4ccccc4-5)c4ccccc4c(-c4ccc5c6c(cccc46)-c4ccccc4-5)c3cc21. The van der Waals surface area contributed by atoms with E-state index in [1.54, 1.807) is 0 Å². The van der Waals surface area contributed by atoms with Gasteiger partial charge in [0, 0.05) is 0 Å². The van der Waals surface area contributed by atoms with Gasteiger partial charge in [0.25, 0.3) is 0 Å². The molecule has 69 heavy (non-hydrogen) atoms. The second kappa shape index (κ2) is 13.4. The van der Waals surface area contributed by atoms with Crippen molar-refractivity contribution in [2.24, 2.45) is 0 Å². The van der Waals surface area contributed by atoms with Gasteiger partial charge in [-0.3, -0.25) is 0 Å². The monoisotopic (exact) mass is 886 g/mol. The average Bonchev–Trinajstić information content (AvgIpc) is 3.99. The fourth-order valence-electron chi connectivity index (χ4n) is 13.5. The Morgan fingerprint density at radius 1 is 0.232 bits per heavy atom. The zero-order valence-electron chi connectivity index (χ0n) is 38.3. The molecule has 0 saturated carbocycles. The Bertz CT molecular complexity index is 4450. The molecule has 16 rings (SSSR count). The minimum atomic E-state index is -2.26. The molecule has 13 aromatic carbocycles. The van der Waals surface area contributed by atoms with Gasteiger partial charge in [0.2, 0.25) is 0 Å². The molecule has 0 saturated heterocycles. The van der Waals surface area contributed by atoms with Crippen molar-refractivity contribution in [3.05, 3.63) is 218 Å². The van der Waals surface area contributed by atoms with Gasteiger partial charge in [-0.1, -0.05) is 219 Å². The highest BCUT2D eigenvalue weighted by Gasteiger charge is 2.39. The molecule has 0 atom stereocenters. The molecule has 13 aromatic rings. The summed E-state index contributed by atoms with van der Waals surface area (Å²) in [5.41, 5.74) is 21.2. The van der Waals surface area contributed by atoms with E-state index in [1.165, 1.54) is 164 Å². The first kappa shape index (κ1) is 37.7. The Morgan fingerprint density at radius 3 is 1.25 bits per heavy atom. The van der Waals surface area contributed by atoms with Crippen LogP contribution in [0.5, 0.6) is 0 Å². The van der Waals surface area contributed by atoms with Gasteiger partial charge in [0.15, 0.2) is 0 Å². The van der Waals surface area contributed by atoms with E-state index in [1.807, 2.05) is 0 Å². The van der Waals surface area contributed by atoms with Gasteiger partial charge in [0.1, 0.15) is 8.07 Å². The topological polar surface area (TPSA) is 0 Å². The third-order valence-corrected chi connectivity index (χ3v) is 20.1. The highest BCUT2D eigenvalue weighted by atomic mass is 28.3. The molecule has 0 unspecified atom stereocenters. The van der Waals surface area contributed by atoms with Crippen molar-refractivity contribution in [2.75, 3.05) is 0 Å². The first-order valence-electron chi connectivity index (χ1n) is 24.4. The molecule has 0 bridgehead atoms. The maximum absolute atomic E-state index is 2.67. The molecule has 0 amide bonds. The molecule has 318 valence electrons. The van der Waals surface area contributed by atoms with Gasteiger partial charge < -0.3 is 0 Å². The summed E-state index contributed by atoms with van der Waals surface area (Å²) in [6.07, 6.45) is 0. The smallest absolute Gasteiger partial charge is 0.0616 e. The van der Waals surface area contributed by atoms with Crippen LogP contribution in [0.1, 0.15) is 0 Å². The number of benzene rings is 13. The molecular weight excluding hydrogens is 845 g/mol. The molecule has 1 heteroatoms. The fourth-order valence-corrected chi connectivity index (χ4v) is 16.6. The van der Waals surface area contributed by atoms with Gasteiger partial charge in [-0.15, -0.1) is 0 Å². The van der Waals surface area contributed by atoms with Gasteiger partial charge in [0.05, 0.1) is 0 Å². The van der Waals surface area contributed by atoms with Gasteiger partial charge in [-0.25, -0.2) is 0 Å². The van der Waals surface area contributed by atoms with E-state index in [-0.39, 0.29) is 0 Å². The zero-order valence-corrected chi connectivity index (χ0v) is 39.3. The lowest BCUT2D eigenvalue weighted by atomic mass is 9.82. The third kappa shape index (κ3) is 4.87. The van der Waals surface area contributed by atoms with Crippen LogP contribution in [0.15, 0.2) is 218 Å². The molecule has 0 radical (unpaired) electrons. The van der Waals surface area contributed by atoms with Crippen LogP contribution in [0.3, 0.4) is 0 Å². The van der Waals surface area contributed by atoms with Gasteiger partial charge in [-0.2, -0.15) is 0 Å². The van der Waals surface area contributed by atoms with Gasteiger partial charge in [-0.05, 0) is 176 Å². The Morgan fingerprint density at radius 2 is 0.652 bits per heavy atom. The normalized spacial score (nSPS) is 13.5. The summed E-state index contributed by atoms with van der Waals surface area (Å²) in [5.74, 6) is 0. The predicted molar refractivity (Wildman–Crippen MR) is 299 cm³/mol. The fraction of sp³-hybridized carbons (Fsp3) is 0.0294. The molecule has 1 heterocycles. The van der Waals surface area contributed by atoms with E-state index in [9.17, 15) is 0 Å². The first-order chi connectivity index (χ1) is 34.0. The average molecular weight is 887 g/mol. The van der Waals surface area contributed by atoms with Crippen molar-refractivity contribution in [2.45, 2.75) is 13.1 Å². The molecule has 1 aliphatic heterocycles. The van der Waals surface area contributed by atoms with E-state index in [2.05, 4.69) is 231 Å². The maximum Gasteiger partial charge on any atom is 0.113 e. The number of hydrogen-bond donors (Lipinski definition) is 0. The first-order valence-corrected chi connectivity index (χ1v) is 27.4. The van der Waals surface area contributed by atoms with Crippen molar-refractivity contribution >= 4 is 83.1 Å². The molecule has 0 fully saturated rings. The minimum absolute atomic E-state index is 1.28. The van der Waals surface area contributed by atoms with Gasteiger partial charge >= 0.3 is 0 Å². The third-order valence-electron chi connectivity index (χ3n) is 16.5. The Hall–Kier alpha value is -8.36. The summed E-state index contributed by atoms with van der Waals surface area (Å²) >= 11 is 0. The Balaban J connectivity index is 1.01. The summed E-state index contributed by atoms with van der Waals surface area (Å²) in [6, 6.07) is 83.7. The summed E-state index contributed by atoms with van der Waals surface area (Å²) in [6.45, 7) is 5.18. The largest absolute Gasteiger partial charge is 0.113 e. The molecule has 2 aliphatic carbocycles. The molecule has 0 nitrogen and oxygen atoms in total.